The quantitative estimate of drug-likeness (QED) is 0.761. The van der Waals surface area contributed by atoms with Gasteiger partial charge in [0.2, 0.25) is 0 Å². The molecule has 0 N–H and O–H groups in total. The third-order valence-electron chi connectivity index (χ3n) is 4.65. The lowest BCUT2D eigenvalue weighted by Gasteiger charge is -2.24. The summed E-state index contributed by atoms with van der Waals surface area (Å²) in [6, 6.07) is 11.6. The first-order valence-electron chi connectivity index (χ1n) is 8.59. The number of amides is 1. The van der Waals surface area contributed by atoms with Crippen molar-refractivity contribution in [3.05, 3.63) is 65.7 Å². The second-order valence-corrected chi connectivity index (χ2v) is 10.1. The van der Waals surface area contributed by atoms with Crippen molar-refractivity contribution in [2.24, 2.45) is 4.99 Å². The summed E-state index contributed by atoms with van der Waals surface area (Å²) in [6.45, 7) is 0. The zero-order valence-corrected chi connectivity index (χ0v) is 16.2. The Bertz CT molecular complexity index is 1060. The van der Waals surface area contributed by atoms with Gasteiger partial charge in [0.15, 0.2) is 15.0 Å². The number of rotatable bonds is 3. The molecule has 0 spiro atoms. The smallest absolute Gasteiger partial charge is 0.252 e. The summed E-state index contributed by atoms with van der Waals surface area (Å²) in [4.78, 5) is 18.0. The van der Waals surface area contributed by atoms with Gasteiger partial charge in [-0.2, -0.15) is 4.99 Å². The fraction of sp³-hybridized carbons (Fsp3) is 0.263. The molecule has 0 aliphatic carbocycles. The van der Waals surface area contributed by atoms with Crippen LogP contribution >= 0.6 is 11.8 Å². The molecule has 1 amide bonds. The highest BCUT2D eigenvalue weighted by molar-refractivity contribution is 8.16. The molecule has 2 aliphatic heterocycles. The Morgan fingerprint density at radius 1 is 1.14 bits per heavy atom. The number of aliphatic imine (C=N–C) groups is 1. The van der Waals surface area contributed by atoms with E-state index >= 15 is 0 Å². The average Bonchev–Trinajstić information content (AvgIpc) is 3.07. The van der Waals surface area contributed by atoms with E-state index in [9.17, 15) is 22.0 Å². The third kappa shape index (κ3) is 3.81. The van der Waals surface area contributed by atoms with Crippen LogP contribution in [-0.2, 0) is 21.1 Å². The van der Waals surface area contributed by atoms with E-state index in [0.717, 1.165) is 29.5 Å². The minimum absolute atomic E-state index is 0.0183. The van der Waals surface area contributed by atoms with E-state index in [1.807, 2.05) is 18.2 Å². The van der Waals surface area contributed by atoms with Crippen molar-refractivity contribution in [1.29, 1.82) is 0 Å². The first-order chi connectivity index (χ1) is 13.3. The van der Waals surface area contributed by atoms with Gasteiger partial charge in [-0.15, -0.1) is 0 Å². The van der Waals surface area contributed by atoms with E-state index in [1.165, 1.54) is 11.0 Å². The molecule has 2 aliphatic rings. The fourth-order valence-electron chi connectivity index (χ4n) is 3.44. The van der Waals surface area contributed by atoms with Crippen LogP contribution in [0.25, 0.3) is 0 Å². The van der Waals surface area contributed by atoms with Gasteiger partial charge in [0, 0.05) is 11.3 Å². The van der Waals surface area contributed by atoms with Crippen molar-refractivity contribution in [3.63, 3.8) is 0 Å². The summed E-state index contributed by atoms with van der Waals surface area (Å²) in [5.74, 6) is -2.19. The minimum Gasteiger partial charge on any atom is -0.313 e. The van der Waals surface area contributed by atoms with Crippen molar-refractivity contribution in [3.8, 4) is 0 Å². The lowest BCUT2D eigenvalue weighted by atomic mass is 10.1. The Hall–Kier alpha value is -2.26. The van der Waals surface area contributed by atoms with Crippen LogP contribution in [0.1, 0.15) is 5.56 Å². The maximum atomic E-state index is 14.4. The monoisotopic (exact) mass is 422 g/mol. The number of hydrogen-bond donors (Lipinski definition) is 0. The van der Waals surface area contributed by atoms with Crippen molar-refractivity contribution < 1.29 is 22.0 Å². The lowest BCUT2D eigenvalue weighted by molar-refractivity contribution is -0.117. The summed E-state index contributed by atoms with van der Waals surface area (Å²) in [5, 5.41) is -0.103. The molecule has 9 heteroatoms. The highest BCUT2D eigenvalue weighted by Crippen LogP contribution is 2.41. The van der Waals surface area contributed by atoms with Crippen LogP contribution in [-0.4, -0.2) is 42.3 Å². The van der Waals surface area contributed by atoms with Gasteiger partial charge in [-0.25, -0.2) is 17.2 Å². The molecule has 2 atom stereocenters. The maximum absolute atomic E-state index is 14.4. The van der Waals surface area contributed by atoms with E-state index in [0.29, 0.717) is 0 Å². The number of sulfone groups is 1. The second-order valence-electron chi connectivity index (χ2n) is 6.72. The molecule has 146 valence electrons. The second kappa shape index (κ2) is 7.29. The topological polar surface area (TPSA) is 66.8 Å². The number of carbonyl (C=O) groups is 1. The summed E-state index contributed by atoms with van der Waals surface area (Å²) in [6.07, 6.45) is 0.0816. The normalized spacial score (nSPS) is 24.5. The van der Waals surface area contributed by atoms with Crippen LogP contribution in [0.5, 0.6) is 0 Å². The standard InChI is InChI=1S/C19H16F2N2O3S2/c20-13-6-7-15(14(21)9-13)23-16-10-28(25,26)11-17(16)27-19(23)22-18(24)8-12-4-2-1-3-5-12/h1-7,9,16-17H,8,10-11H2/t16-,17+/m0/s1. The van der Waals surface area contributed by atoms with Gasteiger partial charge < -0.3 is 4.90 Å². The Morgan fingerprint density at radius 2 is 1.89 bits per heavy atom. The first-order valence-corrected chi connectivity index (χ1v) is 11.3. The van der Waals surface area contributed by atoms with Crippen LogP contribution in [0.3, 0.4) is 0 Å². The van der Waals surface area contributed by atoms with E-state index in [4.69, 9.17) is 0 Å². The molecular weight excluding hydrogens is 406 g/mol. The average molecular weight is 422 g/mol. The van der Waals surface area contributed by atoms with Gasteiger partial charge in [-0.1, -0.05) is 42.1 Å². The van der Waals surface area contributed by atoms with Crippen LogP contribution in [0.2, 0.25) is 0 Å². The van der Waals surface area contributed by atoms with Crippen LogP contribution in [0, 0.1) is 11.6 Å². The molecule has 0 bridgehead atoms. The molecule has 2 heterocycles. The molecule has 2 aromatic carbocycles. The summed E-state index contributed by atoms with van der Waals surface area (Å²) in [7, 11) is -3.27. The molecule has 2 aromatic rings. The van der Waals surface area contributed by atoms with Gasteiger partial charge in [-0.3, -0.25) is 4.79 Å². The van der Waals surface area contributed by atoms with Crippen molar-refractivity contribution in [2.45, 2.75) is 17.7 Å². The zero-order chi connectivity index (χ0) is 19.9. The Kier molecular flexibility index (Phi) is 4.96. The minimum atomic E-state index is -3.27. The molecule has 0 unspecified atom stereocenters. The molecule has 4 rings (SSSR count). The molecular formula is C19H16F2N2O3S2. The molecule has 0 aromatic heterocycles. The Labute approximate surface area is 165 Å². The van der Waals surface area contributed by atoms with E-state index in [-0.39, 0.29) is 34.0 Å². The Morgan fingerprint density at radius 3 is 2.61 bits per heavy atom. The predicted molar refractivity (Wildman–Crippen MR) is 105 cm³/mol. The van der Waals surface area contributed by atoms with E-state index < -0.39 is 33.4 Å². The van der Waals surface area contributed by atoms with Crippen molar-refractivity contribution >= 4 is 38.4 Å². The maximum Gasteiger partial charge on any atom is 0.252 e. The largest absolute Gasteiger partial charge is 0.313 e. The van der Waals surface area contributed by atoms with E-state index in [2.05, 4.69) is 4.99 Å². The predicted octanol–water partition coefficient (Wildman–Crippen LogP) is 2.81. The molecule has 0 radical (unpaired) electrons. The van der Waals surface area contributed by atoms with Crippen molar-refractivity contribution in [2.75, 3.05) is 16.4 Å². The highest BCUT2D eigenvalue weighted by atomic mass is 32.2. The summed E-state index contributed by atoms with van der Waals surface area (Å²) in [5.41, 5.74) is 0.812. The number of anilines is 1. The van der Waals surface area contributed by atoms with Crippen LogP contribution < -0.4 is 4.90 Å². The van der Waals surface area contributed by atoms with E-state index in [1.54, 1.807) is 12.1 Å². The number of fused-ring (bicyclic) bond motifs is 1. The lowest BCUT2D eigenvalue weighted by Crippen LogP contribution is -2.38. The van der Waals surface area contributed by atoms with Gasteiger partial charge >= 0.3 is 0 Å². The highest BCUT2D eigenvalue weighted by Gasteiger charge is 2.50. The molecule has 28 heavy (non-hydrogen) atoms. The number of thioether (sulfide) groups is 1. The fourth-order valence-corrected chi connectivity index (χ4v) is 7.36. The van der Waals surface area contributed by atoms with Gasteiger partial charge in [-0.05, 0) is 17.7 Å². The van der Waals surface area contributed by atoms with Crippen LogP contribution in [0.15, 0.2) is 53.5 Å². The number of halogens is 2. The number of benzene rings is 2. The number of hydrogen-bond acceptors (Lipinski definition) is 4. The molecule has 5 nitrogen and oxygen atoms in total. The summed E-state index contributed by atoms with van der Waals surface area (Å²) < 4.78 is 51.8. The SMILES string of the molecule is O=C(Cc1ccccc1)N=C1S[C@@H]2CS(=O)(=O)C[C@@H]2N1c1ccc(F)cc1F. The molecule has 2 saturated heterocycles. The third-order valence-corrected chi connectivity index (χ3v) is 7.86. The van der Waals surface area contributed by atoms with Gasteiger partial charge in [0.25, 0.3) is 5.91 Å². The van der Waals surface area contributed by atoms with Gasteiger partial charge in [0.05, 0.1) is 29.7 Å². The summed E-state index contributed by atoms with van der Waals surface area (Å²) >= 11 is 1.15. The number of carbonyl (C=O) groups excluding carboxylic acids is 1. The van der Waals surface area contributed by atoms with Gasteiger partial charge in [0.1, 0.15) is 11.6 Å². The number of amidine groups is 1. The number of nitrogens with zero attached hydrogens (tertiary/aromatic N) is 2. The Balaban J connectivity index is 1.68. The zero-order valence-electron chi connectivity index (χ0n) is 14.6. The van der Waals surface area contributed by atoms with Crippen LogP contribution in [0.4, 0.5) is 14.5 Å². The molecule has 2 fully saturated rings. The molecule has 0 saturated carbocycles. The van der Waals surface area contributed by atoms with Crippen molar-refractivity contribution in [1.82, 2.24) is 0 Å². The first kappa shape index (κ1) is 19.1.